The van der Waals surface area contributed by atoms with Gasteiger partial charge in [-0.25, -0.2) is 4.79 Å². The van der Waals surface area contributed by atoms with Crippen molar-refractivity contribution >= 4 is 5.97 Å². The molecule has 2 aromatic carbocycles. The summed E-state index contributed by atoms with van der Waals surface area (Å²) in [6, 6.07) is 18.5. The number of hydrogen-bond donors (Lipinski definition) is 0. The Hall–Kier alpha value is -2.55. The molecule has 0 aromatic heterocycles. The molecule has 0 spiro atoms. The van der Waals surface area contributed by atoms with E-state index in [1.54, 1.807) is 0 Å². The van der Waals surface area contributed by atoms with Gasteiger partial charge in [0.2, 0.25) is 0 Å². The molecule has 3 nitrogen and oxygen atoms in total. The van der Waals surface area contributed by atoms with Crippen LogP contribution in [0.4, 0.5) is 0 Å². The molecule has 2 rings (SSSR count). The Morgan fingerprint density at radius 1 is 0.808 bits per heavy atom. The molecule has 138 valence electrons. The molecule has 3 heteroatoms. The number of carbonyl (C=O) groups is 1. The number of para-hydroxylation sites is 1. The smallest absolute Gasteiger partial charge is 0.330 e. The summed E-state index contributed by atoms with van der Waals surface area (Å²) in [7, 11) is 0. The van der Waals surface area contributed by atoms with Crippen molar-refractivity contribution in [1.82, 2.24) is 0 Å². The fraction of sp³-hybridized carbons (Fsp3) is 0.348. The lowest BCUT2D eigenvalue weighted by atomic mass is 10.0. The summed E-state index contributed by atoms with van der Waals surface area (Å²) in [6.45, 7) is 4.60. The van der Waals surface area contributed by atoms with Gasteiger partial charge >= 0.3 is 5.97 Å². The summed E-state index contributed by atoms with van der Waals surface area (Å²) in [6.07, 6.45) is 7.75. The summed E-state index contributed by atoms with van der Waals surface area (Å²) < 4.78 is 11.0. The predicted octanol–water partition coefficient (Wildman–Crippen LogP) is 5.80. The van der Waals surface area contributed by atoms with E-state index >= 15 is 0 Å². The summed E-state index contributed by atoms with van der Waals surface area (Å²) >= 11 is 0. The predicted molar refractivity (Wildman–Crippen MR) is 106 cm³/mol. The van der Waals surface area contributed by atoms with E-state index in [2.05, 4.69) is 24.8 Å². The van der Waals surface area contributed by atoms with E-state index in [1.165, 1.54) is 18.1 Å². The molecule has 0 fully saturated rings. The second kappa shape index (κ2) is 11.9. The maximum absolute atomic E-state index is 10.9. The molecule has 26 heavy (non-hydrogen) atoms. The number of ether oxygens (including phenoxy) is 2. The number of benzene rings is 2. The molecule has 0 amide bonds. The molecular formula is C23H28O3. The molecule has 0 unspecified atom stereocenters. The van der Waals surface area contributed by atoms with Crippen molar-refractivity contribution in [3.8, 4) is 16.9 Å². The van der Waals surface area contributed by atoms with Crippen LogP contribution in [-0.4, -0.2) is 19.2 Å². The Balaban J connectivity index is 1.59. The normalized spacial score (nSPS) is 10.3. The maximum atomic E-state index is 10.9. The van der Waals surface area contributed by atoms with Crippen LogP contribution in [0.15, 0.2) is 67.3 Å². The van der Waals surface area contributed by atoms with Crippen LogP contribution < -0.4 is 4.74 Å². The van der Waals surface area contributed by atoms with Gasteiger partial charge in [0.15, 0.2) is 0 Å². The lowest BCUT2D eigenvalue weighted by molar-refractivity contribution is -0.137. The van der Waals surface area contributed by atoms with Crippen LogP contribution in [-0.2, 0) is 9.53 Å². The standard InChI is InChI=1S/C23H28O3/c1-2-23(24)26-19-13-6-4-3-5-12-18-25-22-17-11-10-16-21(22)20-14-8-7-9-15-20/h2,7-11,14-17H,1,3-6,12-13,18-19H2. The highest BCUT2D eigenvalue weighted by atomic mass is 16.5. The molecule has 0 aliphatic heterocycles. The van der Waals surface area contributed by atoms with Gasteiger partial charge in [0.25, 0.3) is 0 Å². The van der Waals surface area contributed by atoms with Gasteiger partial charge < -0.3 is 9.47 Å². The molecule has 0 saturated carbocycles. The van der Waals surface area contributed by atoms with Crippen LogP contribution in [0.2, 0.25) is 0 Å². The van der Waals surface area contributed by atoms with Gasteiger partial charge in [0.1, 0.15) is 5.75 Å². The van der Waals surface area contributed by atoms with E-state index in [0.29, 0.717) is 6.61 Å². The average molecular weight is 352 g/mol. The fourth-order valence-corrected chi connectivity index (χ4v) is 2.77. The Labute approximate surface area is 156 Å². The average Bonchev–Trinajstić information content (AvgIpc) is 2.70. The zero-order valence-corrected chi connectivity index (χ0v) is 15.4. The van der Waals surface area contributed by atoms with Gasteiger partial charge in [-0.1, -0.05) is 80.8 Å². The zero-order valence-electron chi connectivity index (χ0n) is 15.4. The number of carbonyl (C=O) groups excluding carboxylic acids is 1. The van der Waals surface area contributed by atoms with E-state index in [1.807, 2.05) is 36.4 Å². The van der Waals surface area contributed by atoms with Crippen molar-refractivity contribution < 1.29 is 14.3 Å². The molecular weight excluding hydrogens is 324 g/mol. The minimum atomic E-state index is -0.335. The summed E-state index contributed by atoms with van der Waals surface area (Å²) in [5, 5.41) is 0. The van der Waals surface area contributed by atoms with Crippen molar-refractivity contribution in [1.29, 1.82) is 0 Å². The van der Waals surface area contributed by atoms with Crippen LogP contribution in [0.5, 0.6) is 5.75 Å². The molecule has 0 radical (unpaired) electrons. The number of hydrogen-bond acceptors (Lipinski definition) is 3. The van der Waals surface area contributed by atoms with Crippen LogP contribution in [0.3, 0.4) is 0 Å². The van der Waals surface area contributed by atoms with E-state index in [-0.39, 0.29) is 5.97 Å². The molecule has 0 bridgehead atoms. The fourth-order valence-electron chi connectivity index (χ4n) is 2.77. The lowest BCUT2D eigenvalue weighted by Gasteiger charge is -2.11. The molecule has 0 atom stereocenters. The first-order valence-electron chi connectivity index (χ1n) is 9.37. The van der Waals surface area contributed by atoms with E-state index in [0.717, 1.165) is 50.0 Å². The Kier molecular flexibility index (Phi) is 9.06. The van der Waals surface area contributed by atoms with Gasteiger partial charge in [-0.05, 0) is 24.5 Å². The van der Waals surface area contributed by atoms with E-state index in [9.17, 15) is 4.79 Å². The van der Waals surface area contributed by atoms with Gasteiger partial charge in [-0.2, -0.15) is 0 Å². The molecule has 0 saturated heterocycles. The van der Waals surface area contributed by atoms with E-state index < -0.39 is 0 Å². The molecule has 0 N–H and O–H groups in total. The van der Waals surface area contributed by atoms with Gasteiger partial charge in [-0.3, -0.25) is 0 Å². The molecule has 0 heterocycles. The monoisotopic (exact) mass is 352 g/mol. The number of rotatable bonds is 12. The van der Waals surface area contributed by atoms with Crippen molar-refractivity contribution in [2.75, 3.05) is 13.2 Å². The third-order valence-electron chi connectivity index (χ3n) is 4.18. The third kappa shape index (κ3) is 7.14. The minimum Gasteiger partial charge on any atom is -0.493 e. The van der Waals surface area contributed by atoms with Crippen molar-refractivity contribution in [2.45, 2.75) is 38.5 Å². The van der Waals surface area contributed by atoms with Crippen molar-refractivity contribution in [2.24, 2.45) is 0 Å². The summed E-state index contributed by atoms with van der Waals surface area (Å²) in [4.78, 5) is 10.9. The Morgan fingerprint density at radius 2 is 1.42 bits per heavy atom. The van der Waals surface area contributed by atoms with Gasteiger partial charge in [0, 0.05) is 11.6 Å². The first-order chi connectivity index (χ1) is 12.8. The van der Waals surface area contributed by atoms with E-state index in [4.69, 9.17) is 9.47 Å². The third-order valence-corrected chi connectivity index (χ3v) is 4.18. The summed E-state index contributed by atoms with van der Waals surface area (Å²) in [5.74, 6) is 0.612. The Morgan fingerprint density at radius 3 is 2.15 bits per heavy atom. The second-order valence-corrected chi connectivity index (χ2v) is 6.20. The highest BCUT2D eigenvalue weighted by Crippen LogP contribution is 2.29. The largest absolute Gasteiger partial charge is 0.493 e. The van der Waals surface area contributed by atoms with Crippen molar-refractivity contribution in [3.05, 3.63) is 67.3 Å². The number of unbranched alkanes of at least 4 members (excludes halogenated alkanes) is 5. The topological polar surface area (TPSA) is 35.5 Å². The SMILES string of the molecule is C=CC(=O)OCCCCCCCCOc1ccccc1-c1ccccc1. The quantitative estimate of drug-likeness (QED) is 0.275. The van der Waals surface area contributed by atoms with Gasteiger partial charge in [0.05, 0.1) is 13.2 Å². The highest BCUT2D eigenvalue weighted by molar-refractivity contribution is 5.81. The molecule has 2 aromatic rings. The molecule has 0 aliphatic rings. The first-order valence-corrected chi connectivity index (χ1v) is 9.37. The molecule has 0 aliphatic carbocycles. The maximum Gasteiger partial charge on any atom is 0.330 e. The van der Waals surface area contributed by atoms with Crippen LogP contribution in [0.25, 0.3) is 11.1 Å². The minimum absolute atomic E-state index is 0.335. The zero-order chi connectivity index (χ0) is 18.5. The Bertz CT molecular complexity index is 664. The van der Waals surface area contributed by atoms with Crippen LogP contribution >= 0.6 is 0 Å². The first kappa shape index (κ1) is 19.8. The van der Waals surface area contributed by atoms with Crippen molar-refractivity contribution in [3.63, 3.8) is 0 Å². The van der Waals surface area contributed by atoms with Gasteiger partial charge in [-0.15, -0.1) is 0 Å². The van der Waals surface area contributed by atoms with Crippen LogP contribution in [0, 0.1) is 0 Å². The second-order valence-electron chi connectivity index (χ2n) is 6.20. The number of esters is 1. The lowest BCUT2D eigenvalue weighted by Crippen LogP contribution is -2.01. The highest BCUT2D eigenvalue weighted by Gasteiger charge is 2.04. The summed E-state index contributed by atoms with van der Waals surface area (Å²) in [5.41, 5.74) is 2.32. The van der Waals surface area contributed by atoms with Crippen LogP contribution in [0.1, 0.15) is 38.5 Å².